The topological polar surface area (TPSA) is 68.7 Å². The molecule has 1 fully saturated rings. The van der Waals surface area contributed by atoms with Crippen LogP contribution < -0.4 is 0 Å². The van der Waals surface area contributed by atoms with Crippen molar-refractivity contribution in [2.75, 3.05) is 6.61 Å². The van der Waals surface area contributed by atoms with E-state index in [1.54, 1.807) is 18.0 Å². The number of allylic oxidation sites excluding steroid dienone is 2. The van der Waals surface area contributed by atoms with E-state index in [1.807, 2.05) is 48.7 Å². The SMILES string of the molecule is CC(C)(Sc1ccccc1)C1OCC(C/C=C\CCC(=O)O)C(c2cccnc2)O1. The molecule has 0 amide bonds. The van der Waals surface area contributed by atoms with Crippen LogP contribution in [-0.2, 0) is 14.3 Å². The van der Waals surface area contributed by atoms with Crippen LogP contribution in [-0.4, -0.2) is 33.7 Å². The van der Waals surface area contributed by atoms with Gasteiger partial charge in [-0.15, -0.1) is 11.8 Å². The van der Waals surface area contributed by atoms with Gasteiger partial charge >= 0.3 is 5.97 Å². The molecule has 30 heavy (non-hydrogen) atoms. The molecule has 0 spiro atoms. The van der Waals surface area contributed by atoms with E-state index in [4.69, 9.17) is 14.6 Å². The fraction of sp³-hybridized carbons (Fsp3) is 0.417. The van der Waals surface area contributed by atoms with E-state index in [0.717, 1.165) is 12.0 Å². The highest BCUT2D eigenvalue weighted by atomic mass is 32.2. The number of carboxylic acid groups (broad SMARTS) is 1. The van der Waals surface area contributed by atoms with Gasteiger partial charge in [0.1, 0.15) is 0 Å². The van der Waals surface area contributed by atoms with Crippen molar-refractivity contribution < 1.29 is 19.4 Å². The fourth-order valence-corrected chi connectivity index (χ4v) is 4.59. The summed E-state index contributed by atoms with van der Waals surface area (Å²) in [5.41, 5.74) is 1.04. The average molecular weight is 428 g/mol. The minimum Gasteiger partial charge on any atom is -0.481 e. The molecule has 3 rings (SSSR count). The lowest BCUT2D eigenvalue weighted by Crippen LogP contribution is -2.45. The third-order valence-corrected chi connectivity index (χ3v) is 6.22. The van der Waals surface area contributed by atoms with Crippen LogP contribution in [0.25, 0.3) is 0 Å². The number of pyridine rings is 1. The van der Waals surface area contributed by atoms with Crippen molar-refractivity contribution in [3.8, 4) is 0 Å². The number of ether oxygens (including phenoxy) is 2. The predicted octanol–water partition coefficient (Wildman–Crippen LogP) is 5.49. The number of aliphatic carboxylic acids is 1. The molecule has 0 aliphatic carbocycles. The van der Waals surface area contributed by atoms with Crippen LogP contribution in [0.1, 0.15) is 44.8 Å². The van der Waals surface area contributed by atoms with E-state index < -0.39 is 5.97 Å². The van der Waals surface area contributed by atoms with E-state index in [2.05, 4.69) is 31.0 Å². The number of aromatic nitrogens is 1. The molecule has 1 aromatic carbocycles. The lowest BCUT2D eigenvalue weighted by Gasteiger charge is -2.42. The number of rotatable bonds is 9. The number of benzene rings is 1. The van der Waals surface area contributed by atoms with Gasteiger partial charge in [-0.2, -0.15) is 0 Å². The van der Waals surface area contributed by atoms with Crippen LogP contribution in [0.4, 0.5) is 0 Å². The van der Waals surface area contributed by atoms with E-state index in [0.29, 0.717) is 13.0 Å². The summed E-state index contributed by atoms with van der Waals surface area (Å²) < 4.78 is 12.4. The van der Waals surface area contributed by atoms with Gasteiger partial charge in [0.2, 0.25) is 0 Å². The highest BCUT2D eigenvalue weighted by Gasteiger charge is 2.41. The molecule has 3 unspecified atom stereocenters. The van der Waals surface area contributed by atoms with Crippen molar-refractivity contribution >= 4 is 17.7 Å². The largest absolute Gasteiger partial charge is 0.481 e. The van der Waals surface area contributed by atoms with Gasteiger partial charge in [-0.1, -0.05) is 36.4 Å². The smallest absolute Gasteiger partial charge is 0.303 e. The first kappa shape index (κ1) is 22.5. The molecule has 1 aliphatic rings. The Morgan fingerprint density at radius 3 is 2.73 bits per heavy atom. The normalized spacial score (nSPS) is 22.3. The number of carboxylic acids is 1. The minimum absolute atomic E-state index is 0.128. The third kappa shape index (κ3) is 6.42. The van der Waals surface area contributed by atoms with Gasteiger partial charge in [0.25, 0.3) is 0 Å². The fourth-order valence-electron chi connectivity index (χ4n) is 3.47. The van der Waals surface area contributed by atoms with Crippen LogP contribution in [0.3, 0.4) is 0 Å². The minimum atomic E-state index is -0.779. The number of hydrogen-bond acceptors (Lipinski definition) is 5. The lowest BCUT2D eigenvalue weighted by molar-refractivity contribution is -0.248. The Labute approximate surface area is 182 Å². The zero-order chi connectivity index (χ0) is 21.4. The highest BCUT2D eigenvalue weighted by Crippen LogP contribution is 2.43. The second-order valence-corrected chi connectivity index (χ2v) is 9.65. The third-order valence-electron chi connectivity index (χ3n) is 5.00. The second-order valence-electron chi connectivity index (χ2n) is 7.93. The van der Waals surface area contributed by atoms with Crippen LogP contribution in [0, 0.1) is 5.92 Å². The summed E-state index contributed by atoms with van der Waals surface area (Å²) in [6.45, 7) is 4.86. The van der Waals surface area contributed by atoms with Gasteiger partial charge in [0, 0.05) is 29.6 Å². The van der Waals surface area contributed by atoms with Crippen molar-refractivity contribution in [3.05, 3.63) is 72.6 Å². The van der Waals surface area contributed by atoms with Gasteiger partial charge in [0.15, 0.2) is 6.29 Å². The molecule has 0 radical (unpaired) electrons. The van der Waals surface area contributed by atoms with Gasteiger partial charge in [-0.25, -0.2) is 0 Å². The molecule has 1 N–H and O–H groups in total. The summed E-state index contributed by atoms with van der Waals surface area (Å²) in [7, 11) is 0. The molecular weight excluding hydrogens is 398 g/mol. The van der Waals surface area contributed by atoms with Crippen molar-refractivity contribution in [3.63, 3.8) is 0 Å². The summed E-state index contributed by atoms with van der Waals surface area (Å²) in [4.78, 5) is 16.1. The summed E-state index contributed by atoms with van der Waals surface area (Å²) in [6, 6.07) is 14.2. The molecule has 5 nitrogen and oxygen atoms in total. The molecule has 0 saturated carbocycles. The van der Waals surface area contributed by atoms with E-state index in [-0.39, 0.29) is 29.5 Å². The monoisotopic (exact) mass is 427 g/mol. The molecule has 1 saturated heterocycles. The zero-order valence-electron chi connectivity index (χ0n) is 17.4. The van der Waals surface area contributed by atoms with E-state index in [1.165, 1.54) is 4.90 Å². The van der Waals surface area contributed by atoms with Crippen molar-refractivity contribution in [1.29, 1.82) is 0 Å². The van der Waals surface area contributed by atoms with Gasteiger partial charge < -0.3 is 14.6 Å². The Morgan fingerprint density at radius 2 is 2.03 bits per heavy atom. The maximum Gasteiger partial charge on any atom is 0.303 e. The first-order valence-corrected chi connectivity index (χ1v) is 11.0. The Balaban J connectivity index is 1.70. The highest BCUT2D eigenvalue weighted by molar-refractivity contribution is 8.00. The Hall–Kier alpha value is -2.15. The van der Waals surface area contributed by atoms with Crippen molar-refractivity contribution in [2.24, 2.45) is 5.92 Å². The average Bonchev–Trinajstić information content (AvgIpc) is 2.74. The van der Waals surface area contributed by atoms with Gasteiger partial charge in [-0.3, -0.25) is 9.78 Å². The number of nitrogens with zero attached hydrogens (tertiary/aromatic N) is 1. The summed E-state index contributed by atoms with van der Waals surface area (Å²) >= 11 is 1.74. The molecule has 1 aromatic heterocycles. The standard InChI is InChI=1S/C24H29NO4S/c1-24(2,30-20-12-6-4-7-13-20)23-28-17-19(10-5-3-8-14-21(26)27)22(29-23)18-11-9-15-25-16-18/h3-7,9,11-13,15-16,19,22-23H,8,10,14,17H2,1-2H3,(H,26,27)/b5-3-. The lowest BCUT2D eigenvalue weighted by atomic mass is 9.92. The first-order chi connectivity index (χ1) is 14.5. The second kappa shape index (κ2) is 10.8. The van der Waals surface area contributed by atoms with E-state index in [9.17, 15) is 4.79 Å². The molecule has 2 aromatic rings. The summed E-state index contributed by atoms with van der Waals surface area (Å²) in [5, 5.41) is 8.78. The molecule has 3 atom stereocenters. The Bertz CT molecular complexity index is 826. The molecular formula is C24H29NO4S. The number of hydrogen-bond donors (Lipinski definition) is 1. The van der Waals surface area contributed by atoms with Gasteiger partial charge in [-0.05, 0) is 50.5 Å². The number of carbonyl (C=O) groups is 1. The van der Waals surface area contributed by atoms with Crippen molar-refractivity contribution in [1.82, 2.24) is 4.98 Å². The predicted molar refractivity (Wildman–Crippen MR) is 118 cm³/mol. The maximum atomic E-state index is 10.7. The summed E-state index contributed by atoms with van der Waals surface area (Å²) in [6.07, 6.45) is 8.53. The Morgan fingerprint density at radius 1 is 1.23 bits per heavy atom. The molecule has 0 bridgehead atoms. The zero-order valence-corrected chi connectivity index (χ0v) is 18.3. The van der Waals surface area contributed by atoms with Crippen LogP contribution >= 0.6 is 11.8 Å². The molecule has 6 heteroatoms. The maximum absolute atomic E-state index is 10.7. The van der Waals surface area contributed by atoms with Gasteiger partial charge in [0.05, 0.1) is 17.5 Å². The van der Waals surface area contributed by atoms with Crippen molar-refractivity contribution in [2.45, 2.75) is 55.1 Å². The van der Waals surface area contributed by atoms with Crippen LogP contribution in [0.15, 0.2) is 71.9 Å². The summed E-state index contributed by atoms with van der Waals surface area (Å²) in [5.74, 6) is -0.637. The molecule has 1 aliphatic heterocycles. The molecule has 160 valence electrons. The van der Waals surface area contributed by atoms with Crippen LogP contribution in [0.2, 0.25) is 0 Å². The number of thioether (sulfide) groups is 1. The quantitative estimate of drug-likeness (QED) is 0.421. The van der Waals surface area contributed by atoms with Crippen LogP contribution in [0.5, 0.6) is 0 Å². The van der Waals surface area contributed by atoms with E-state index >= 15 is 0 Å². The first-order valence-electron chi connectivity index (χ1n) is 10.2. The Kier molecular flexibility index (Phi) is 8.08. The molecule has 2 heterocycles.